The highest BCUT2D eigenvalue weighted by atomic mass is 32.0. The summed E-state index contributed by atoms with van der Waals surface area (Å²) in [5, 5.41) is 0. The summed E-state index contributed by atoms with van der Waals surface area (Å²) in [6.45, 7) is 0. The maximum Gasteiger partial charge on any atom is -0.0776 e. The average molecular weight is 98.1 g/mol. The van der Waals surface area contributed by atoms with Crippen molar-refractivity contribution in [1.29, 1.82) is 0 Å². The van der Waals surface area contributed by atoms with Crippen molar-refractivity contribution in [3.63, 3.8) is 0 Å². The summed E-state index contributed by atoms with van der Waals surface area (Å²) in [6.07, 6.45) is 0. The molecule has 0 amide bonds. The summed E-state index contributed by atoms with van der Waals surface area (Å²) in [5.74, 6) is 0. The summed E-state index contributed by atoms with van der Waals surface area (Å²) in [6, 6.07) is 0. The lowest BCUT2D eigenvalue weighted by Crippen LogP contribution is -0.139. The topological polar surface area (TPSA) is 0 Å². The molecule has 0 rings (SSSR count). The Kier molecular flexibility index (Phi) is 223. The van der Waals surface area contributed by atoms with Crippen LogP contribution in [0.4, 0.5) is 0 Å². The Morgan fingerprint density at radius 2 is 0.750 bits per heavy atom. The minimum absolute atomic E-state index is 0. The van der Waals surface area contributed by atoms with Gasteiger partial charge >= 0.3 is 0 Å². The zero-order valence-corrected chi connectivity index (χ0v) is 3.46. The van der Waals surface area contributed by atoms with Crippen LogP contribution in [0.15, 0.2) is 0 Å². The lowest BCUT2D eigenvalue weighted by molar-refractivity contribution is 2.50. The van der Waals surface area contributed by atoms with Crippen molar-refractivity contribution in [1.82, 2.24) is 0 Å². The SMILES string of the molecule is C.C.PP. The normalized spacial score (nSPS) is 1.50. The lowest BCUT2D eigenvalue weighted by Gasteiger charge is -1.12. The van der Waals surface area contributed by atoms with Gasteiger partial charge in [0.2, 0.25) is 0 Å². The van der Waals surface area contributed by atoms with E-state index in [0.29, 0.717) is 0 Å². The molecule has 4 heavy (non-hydrogen) atoms. The van der Waals surface area contributed by atoms with Gasteiger partial charge in [0.15, 0.2) is 0 Å². The molecule has 2 heteroatoms. The van der Waals surface area contributed by atoms with E-state index in [1.165, 1.54) is 0 Å². The second-order valence-electron chi connectivity index (χ2n) is 0. The van der Waals surface area contributed by atoms with Crippen LogP contribution in [0.3, 0.4) is 0 Å². The van der Waals surface area contributed by atoms with E-state index in [1.807, 2.05) is 0 Å². The summed E-state index contributed by atoms with van der Waals surface area (Å²) in [5.41, 5.74) is 0. The minimum atomic E-state index is 0. The van der Waals surface area contributed by atoms with Crippen molar-refractivity contribution in [2.75, 3.05) is 0 Å². The van der Waals surface area contributed by atoms with E-state index in [-0.39, 0.29) is 14.9 Å². The molecule has 0 nitrogen and oxygen atoms in total. The molecule has 0 aromatic carbocycles. The standard InChI is InChI=1S/2CH4.H4P2/c;;1-2/h2*1H4;1-2H2. The van der Waals surface area contributed by atoms with Crippen LogP contribution in [0.1, 0.15) is 14.9 Å². The van der Waals surface area contributed by atoms with Crippen LogP contribution in [0.2, 0.25) is 0 Å². The zero-order chi connectivity index (χ0) is 2.00. The number of hydrogen-bond donors (Lipinski definition) is 0. The Morgan fingerprint density at radius 1 is 0.750 bits per heavy atom. The van der Waals surface area contributed by atoms with Gasteiger partial charge in [-0.1, -0.05) is 14.9 Å². The van der Waals surface area contributed by atoms with Crippen LogP contribution >= 0.6 is 17.9 Å². The summed E-state index contributed by atoms with van der Waals surface area (Å²) >= 11 is 0. The third-order valence-electron chi connectivity index (χ3n) is 0. The third-order valence-corrected chi connectivity index (χ3v) is 0. The van der Waals surface area contributed by atoms with Crippen molar-refractivity contribution in [3.8, 4) is 0 Å². The van der Waals surface area contributed by atoms with Gasteiger partial charge in [-0.25, -0.2) is 0 Å². The molecule has 30 valence electrons. The lowest BCUT2D eigenvalue weighted by atomic mass is 12.0. The molecule has 2 unspecified atom stereocenters. The fourth-order valence-corrected chi connectivity index (χ4v) is 0. The summed E-state index contributed by atoms with van der Waals surface area (Å²) in [7, 11) is 4.67. The Labute approximate surface area is 33.7 Å². The van der Waals surface area contributed by atoms with E-state index < -0.39 is 0 Å². The van der Waals surface area contributed by atoms with Gasteiger partial charge in [0.1, 0.15) is 0 Å². The van der Waals surface area contributed by atoms with Gasteiger partial charge in [0.25, 0.3) is 0 Å². The van der Waals surface area contributed by atoms with Crippen LogP contribution < -0.4 is 0 Å². The van der Waals surface area contributed by atoms with E-state index in [2.05, 4.69) is 17.9 Å². The molecule has 0 aliphatic carbocycles. The molecule has 2 atom stereocenters. The Bertz CT molecular complexity index is 4.00. The van der Waals surface area contributed by atoms with Gasteiger partial charge in [0, 0.05) is 0 Å². The van der Waals surface area contributed by atoms with E-state index in [1.54, 1.807) is 0 Å². The van der Waals surface area contributed by atoms with E-state index >= 15 is 0 Å². The second kappa shape index (κ2) is 42.7. The zero-order valence-electron chi connectivity index (χ0n) is 1.15. The molecular formula is C2H12P2. The molecule has 0 bridgehead atoms. The van der Waals surface area contributed by atoms with Gasteiger partial charge < -0.3 is 0 Å². The minimum Gasteiger partial charge on any atom is -0.118 e. The molecule has 0 saturated heterocycles. The molecule has 0 saturated carbocycles. The Balaban J connectivity index is -0.00000000500. The maximum atomic E-state index is 2.33. The van der Waals surface area contributed by atoms with Crippen molar-refractivity contribution in [3.05, 3.63) is 0 Å². The molecular weight excluding hydrogens is 86.0 g/mol. The number of hydrogen-bond acceptors (Lipinski definition) is 0. The molecule has 0 aromatic rings. The predicted octanol–water partition coefficient (Wildman–Crippen LogP) is 1.92. The van der Waals surface area contributed by atoms with Gasteiger partial charge in [-0.2, -0.15) is 0 Å². The molecule has 0 aromatic heterocycles. The summed E-state index contributed by atoms with van der Waals surface area (Å²) < 4.78 is 0. The quantitative estimate of drug-likeness (QED) is 0.406. The number of rotatable bonds is 0. The average Bonchev–Trinajstić information content (AvgIpc) is 1.00. The molecule has 0 aliphatic rings. The molecule has 0 aliphatic heterocycles. The molecule has 0 N–H and O–H groups in total. The highest BCUT2D eigenvalue weighted by molar-refractivity contribution is 7.92. The van der Waals surface area contributed by atoms with Crippen LogP contribution in [0, 0.1) is 0 Å². The molecule has 0 spiro atoms. The molecule has 0 heterocycles. The van der Waals surface area contributed by atoms with E-state index in [0.717, 1.165) is 0 Å². The van der Waals surface area contributed by atoms with Crippen LogP contribution in [-0.4, -0.2) is 0 Å². The van der Waals surface area contributed by atoms with Crippen LogP contribution in [0.25, 0.3) is 0 Å². The first-order chi connectivity index (χ1) is 1.00. The highest BCUT2D eigenvalue weighted by Gasteiger charge is 0.882. The predicted molar refractivity (Wildman–Crippen MR) is 32.9 cm³/mol. The van der Waals surface area contributed by atoms with Crippen LogP contribution in [0.5, 0.6) is 0 Å². The van der Waals surface area contributed by atoms with Gasteiger partial charge in [0.05, 0.1) is 0 Å². The van der Waals surface area contributed by atoms with E-state index in [9.17, 15) is 0 Å². The fraction of sp³-hybridized carbons (Fsp3) is 1.00. The molecule has 0 fully saturated rings. The first-order valence-electron chi connectivity index (χ1n) is 0.333. The monoisotopic (exact) mass is 98.0 g/mol. The summed E-state index contributed by atoms with van der Waals surface area (Å²) in [4.78, 5) is 0. The first kappa shape index (κ1) is 20.9. The highest BCUT2D eigenvalue weighted by Crippen LogP contribution is 1.86. The van der Waals surface area contributed by atoms with Crippen LogP contribution in [-0.2, 0) is 0 Å². The maximum absolute atomic E-state index is 2.33. The Hall–Kier alpha value is 0.860. The molecule has 0 radical (unpaired) electrons. The smallest absolute Gasteiger partial charge is 0.0776 e. The van der Waals surface area contributed by atoms with Gasteiger partial charge in [-0.3, -0.25) is 0 Å². The largest absolute Gasteiger partial charge is 0.118 e. The van der Waals surface area contributed by atoms with Crippen molar-refractivity contribution in [2.45, 2.75) is 14.9 Å². The van der Waals surface area contributed by atoms with Crippen molar-refractivity contribution >= 4 is 17.9 Å². The third kappa shape index (κ3) is 13.4. The van der Waals surface area contributed by atoms with E-state index in [4.69, 9.17) is 0 Å². The first-order valence-corrected chi connectivity index (χ1v) is 3.00. The van der Waals surface area contributed by atoms with Gasteiger partial charge in [-0.15, -0.1) is 17.9 Å². The van der Waals surface area contributed by atoms with Crippen molar-refractivity contribution < 1.29 is 0 Å². The fourth-order valence-electron chi connectivity index (χ4n) is 0. The van der Waals surface area contributed by atoms with Gasteiger partial charge in [-0.05, 0) is 0 Å². The van der Waals surface area contributed by atoms with Crippen molar-refractivity contribution in [2.24, 2.45) is 0 Å². The Morgan fingerprint density at radius 3 is 0.750 bits per heavy atom. The second-order valence-corrected chi connectivity index (χ2v) is 0.